The van der Waals surface area contributed by atoms with Crippen LogP contribution in [-0.4, -0.2) is 36.5 Å². The molecule has 3 heteroatoms. The predicted octanol–water partition coefficient (Wildman–Crippen LogP) is 2.80. The van der Waals surface area contributed by atoms with Crippen LogP contribution in [0.1, 0.15) is 58.8 Å². The molecule has 0 aromatic heterocycles. The molecule has 1 saturated carbocycles. The number of amides is 1. The van der Waals surface area contributed by atoms with Gasteiger partial charge in [-0.25, -0.2) is 0 Å². The zero-order valence-corrected chi connectivity index (χ0v) is 12.7. The molecule has 3 nitrogen and oxygen atoms in total. The average molecular weight is 266 g/mol. The Morgan fingerprint density at radius 1 is 1.32 bits per heavy atom. The van der Waals surface area contributed by atoms with Crippen LogP contribution in [0.4, 0.5) is 0 Å². The maximum absolute atomic E-state index is 11.7. The number of carbonyl (C=O) groups excluding carboxylic acids is 1. The average Bonchev–Trinajstić information content (AvgIpc) is 2.75. The van der Waals surface area contributed by atoms with E-state index >= 15 is 0 Å². The van der Waals surface area contributed by atoms with Gasteiger partial charge in [0.25, 0.3) is 0 Å². The zero-order valence-electron chi connectivity index (χ0n) is 12.7. The Hall–Kier alpha value is -0.570. The summed E-state index contributed by atoms with van der Waals surface area (Å²) < 4.78 is 0. The summed E-state index contributed by atoms with van der Waals surface area (Å²) in [7, 11) is 0. The molecule has 1 saturated heterocycles. The molecule has 0 bridgehead atoms. The first-order chi connectivity index (χ1) is 9.17. The van der Waals surface area contributed by atoms with E-state index < -0.39 is 0 Å². The van der Waals surface area contributed by atoms with Gasteiger partial charge < -0.3 is 10.2 Å². The molecule has 1 amide bonds. The van der Waals surface area contributed by atoms with Crippen molar-refractivity contribution in [1.29, 1.82) is 0 Å². The SMILES string of the molecule is CCCC(=O)N[C@@H]1CCCN(C[C@@H]2CC[C@H](C)C2)C1. The lowest BCUT2D eigenvalue weighted by atomic mass is 10.0. The van der Waals surface area contributed by atoms with E-state index in [1.807, 2.05) is 0 Å². The lowest BCUT2D eigenvalue weighted by Crippen LogP contribution is -2.48. The molecule has 1 N–H and O–H groups in total. The molecule has 1 heterocycles. The maximum atomic E-state index is 11.7. The van der Waals surface area contributed by atoms with Crippen LogP contribution in [0.2, 0.25) is 0 Å². The first-order valence-electron chi connectivity index (χ1n) is 8.19. The van der Waals surface area contributed by atoms with Crippen molar-refractivity contribution in [2.24, 2.45) is 11.8 Å². The van der Waals surface area contributed by atoms with Crippen molar-refractivity contribution in [2.45, 2.75) is 64.8 Å². The summed E-state index contributed by atoms with van der Waals surface area (Å²) in [4.78, 5) is 14.3. The molecule has 3 atom stereocenters. The third-order valence-corrected chi connectivity index (χ3v) is 4.67. The number of hydrogen-bond donors (Lipinski definition) is 1. The third-order valence-electron chi connectivity index (χ3n) is 4.67. The van der Waals surface area contributed by atoms with Crippen molar-refractivity contribution in [3.63, 3.8) is 0 Å². The van der Waals surface area contributed by atoms with Crippen molar-refractivity contribution >= 4 is 5.91 Å². The highest BCUT2D eigenvalue weighted by atomic mass is 16.1. The largest absolute Gasteiger partial charge is 0.352 e. The Balaban J connectivity index is 1.72. The highest BCUT2D eigenvalue weighted by Crippen LogP contribution is 2.31. The van der Waals surface area contributed by atoms with Crippen LogP contribution in [0.3, 0.4) is 0 Å². The second kappa shape index (κ2) is 7.28. The van der Waals surface area contributed by atoms with Crippen LogP contribution in [0.25, 0.3) is 0 Å². The monoisotopic (exact) mass is 266 g/mol. The van der Waals surface area contributed by atoms with E-state index in [1.54, 1.807) is 0 Å². The number of carbonyl (C=O) groups is 1. The Morgan fingerprint density at radius 3 is 2.84 bits per heavy atom. The van der Waals surface area contributed by atoms with Gasteiger partial charge in [0.15, 0.2) is 0 Å². The van der Waals surface area contributed by atoms with E-state index in [2.05, 4.69) is 24.1 Å². The fourth-order valence-electron chi connectivity index (χ4n) is 3.72. The van der Waals surface area contributed by atoms with Crippen LogP contribution >= 0.6 is 0 Å². The molecule has 1 aliphatic heterocycles. The van der Waals surface area contributed by atoms with Crippen LogP contribution in [0.5, 0.6) is 0 Å². The number of nitrogens with one attached hydrogen (secondary N) is 1. The van der Waals surface area contributed by atoms with Crippen LogP contribution in [-0.2, 0) is 4.79 Å². The highest BCUT2D eigenvalue weighted by molar-refractivity contribution is 5.76. The van der Waals surface area contributed by atoms with E-state index in [9.17, 15) is 4.79 Å². The minimum absolute atomic E-state index is 0.240. The van der Waals surface area contributed by atoms with Gasteiger partial charge in [0.05, 0.1) is 0 Å². The summed E-state index contributed by atoms with van der Waals surface area (Å²) in [5.41, 5.74) is 0. The molecule has 110 valence electrons. The minimum atomic E-state index is 0.240. The van der Waals surface area contributed by atoms with Gasteiger partial charge in [-0.15, -0.1) is 0 Å². The van der Waals surface area contributed by atoms with Crippen molar-refractivity contribution in [3.8, 4) is 0 Å². The molecule has 0 radical (unpaired) electrons. The molecule has 0 spiro atoms. The van der Waals surface area contributed by atoms with Gasteiger partial charge in [0.2, 0.25) is 5.91 Å². The Morgan fingerprint density at radius 2 is 2.16 bits per heavy atom. The third kappa shape index (κ3) is 4.79. The van der Waals surface area contributed by atoms with Crippen molar-refractivity contribution in [1.82, 2.24) is 10.2 Å². The van der Waals surface area contributed by atoms with Gasteiger partial charge in [-0.3, -0.25) is 4.79 Å². The normalized spacial score (nSPS) is 32.4. The van der Waals surface area contributed by atoms with E-state index in [1.165, 1.54) is 38.8 Å². The van der Waals surface area contributed by atoms with Gasteiger partial charge in [0.1, 0.15) is 0 Å². The van der Waals surface area contributed by atoms with Crippen molar-refractivity contribution < 1.29 is 4.79 Å². The van der Waals surface area contributed by atoms with Gasteiger partial charge >= 0.3 is 0 Å². The zero-order chi connectivity index (χ0) is 13.7. The molecule has 0 unspecified atom stereocenters. The van der Waals surface area contributed by atoms with E-state index in [-0.39, 0.29) is 5.91 Å². The fourth-order valence-corrected chi connectivity index (χ4v) is 3.72. The summed E-state index contributed by atoms with van der Waals surface area (Å²) in [6.07, 6.45) is 8.24. The Kier molecular flexibility index (Phi) is 5.68. The summed E-state index contributed by atoms with van der Waals surface area (Å²) in [5, 5.41) is 3.20. The number of hydrogen-bond acceptors (Lipinski definition) is 2. The van der Waals surface area contributed by atoms with Crippen molar-refractivity contribution in [2.75, 3.05) is 19.6 Å². The summed E-state index contributed by atoms with van der Waals surface area (Å²) in [6, 6.07) is 0.395. The first kappa shape index (κ1) is 14.8. The predicted molar refractivity (Wildman–Crippen MR) is 79.0 cm³/mol. The van der Waals surface area contributed by atoms with Crippen LogP contribution in [0.15, 0.2) is 0 Å². The summed E-state index contributed by atoms with van der Waals surface area (Å²) >= 11 is 0. The van der Waals surface area contributed by atoms with Gasteiger partial charge in [-0.05, 0) is 50.5 Å². The van der Waals surface area contributed by atoms with Gasteiger partial charge in [-0.2, -0.15) is 0 Å². The number of nitrogens with zero attached hydrogens (tertiary/aromatic N) is 1. The molecule has 1 aliphatic carbocycles. The highest BCUT2D eigenvalue weighted by Gasteiger charge is 2.26. The lowest BCUT2D eigenvalue weighted by molar-refractivity contribution is -0.122. The molecule has 2 fully saturated rings. The van der Waals surface area contributed by atoms with Crippen LogP contribution in [0, 0.1) is 11.8 Å². The molecule has 0 aromatic rings. The Bertz CT molecular complexity index is 292. The standard InChI is InChI=1S/C16H30N2O/c1-3-5-16(19)17-15-6-4-9-18(12-15)11-14-8-7-13(2)10-14/h13-15H,3-12H2,1-2H3,(H,17,19)/t13-,14+,15+/m0/s1. The molecular formula is C16H30N2O. The van der Waals surface area contributed by atoms with Crippen LogP contribution < -0.4 is 5.32 Å². The Labute approximate surface area is 118 Å². The van der Waals surface area contributed by atoms with E-state index in [4.69, 9.17) is 0 Å². The molecule has 2 rings (SSSR count). The van der Waals surface area contributed by atoms with Crippen molar-refractivity contribution in [3.05, 3.63) is 0 Å². The lowest BCUT2D eigenvalue weighted by Gasteiger charge is -2.34. The van der Waals surface area contributed by atoms with Gasteiger partial charge in [0, 0.05) is 25.6 Å². The smallest absolute Gasteiger partial charge is 0.220 e. The number of likely N-dealkylation sites (tertiary alicyclic amines) is 1. The molecular weight excluding hydrogens is 236 g/mol. The van der Waals surface area contributed by atoms with E-state index in [0.29, 0.717) is 12.5 Å². The minimum Gasteiger partial charge on any atom is -0.352 e. The molecule has 0 aromatic carbocycles. The maximum Gasteiger partial charge on any atom is 0.220 e. The fraction of sp³-hybridized carbons (Fsp3) is 0.938. The summed E-state index contributed by atoms with van der Waals surface area (Å²) in [6.45, 7) is 7.99. The molecule has 19 heavy (non-hydrogen) atoms. The second-order valence-corrected chi connectivity index (χ2v) is 6.70. The summed E-state index contributed by atoms with van der Waals surface area (Å²) in [5.74, 6) is 2.07. The number of rotatable bonds is 5. The first-order valence-corrected chi connectivity index (χ1v) is 8.19. The molecule has 2 aliphatic rings. The van der Waals surface area contributed by atoms with Gasteiger partial charge in [-0.1, -0.05) is 20.3 Å². The second-order valence-electron chi connectivity index (χ2n) is 6.70. The topological polar surface area (TPSA) is 32.3 Å². The van der Waals surface area contributed by atoms with E-state index in [0.717, 1.165) is 31.2 Å². The number of piperidine rings is 1. The quantitative estimate of drug-likeness (QED) is 0.830.